The van der Waals surface area contributed by atoms with E-state index >= 15 is 0 Å². The van der Waals surface area contributed by atoms with E-state index in [1.165, 1.54) is 16.8 Å². The van der Waals surface area contributed by atoms with Gasteiger partial charge in [0, 0.05) is 0 Å². The van der Waals surface area contributed by atoms with Gasteiger partial charge in [0.25, 0.3) is 0 Å². The Morgan fingerprint density at radius 1 is 1.10 bits per heavy atom. The van der Waals surface area contributed by atoms with E-state index in [1.54, 1.807) is 0 Å². The molecule has 2 rings (SSSR count). The number of benzene rings is 1. The van der Waals surface area contributed by atoms with E-state index in [2.05, 4.69) is 46.6 Å². The third kappa shape index (κ3) is 3.72. The van der Waals surface area contributed by atoms with Gasteiger partial charge in [0.15, 0.2) is 0 Å². The molecule has 0 atom stereocenters. The predicted molar refractivity (Wildman–Crippen MR) is 80.3 cm³/mol. The summed E-state index contributed by atoms with van der Waals surface area (Å²) in [5.41, 5.74) is 1.60. The molecule has 0 aliphatic rings. The monoisotopic (exact) mass is 379 g/mol. The van der Waals surface area contributed by atoms with Crippen LogP contribution in [0.1, 0.15) is 6.92 Å². The second-order valence-corrected chi connectivity index (χ2v) is 20.1. The number of nitrogens with one attached hydrogen (secondary N) is 1. The molecule has 0 aliphatic heterocycles. The Hall–Kier alpha value is -1.57. The molecular formula is C13H17N5OSn. The summed E-state index contributed by atoms with van der Waals surface area (Å²) < 4.78 is 1.29. The molecule has 1 amide bonds. The maximum atomic E-state index is 11.3. The van der Waals surface area contributed by atoms with Gasteiger partial charge in [0.2, 0.25) is 0 Å². The summed E-state index contributed by atoms with van der Waals surface area (Å²) in [5, 5.41) is 18.3. The van der Waals surface area contributed by atoms with Crippen molar-refractivity contribution in [3.63, 3.8) is 0 Å². The standard InChI is InChI=1S/C10H8N5O.3CH3.Sn/c1-7(16)13-9-4-2-3-8(5-9)10-14-11-6-12-15-10;;;;/h3-6H,1H3,(H,13,16);3*1H3;. The van der Waals surface area contributed by atoms with Crippen LogP contribution in [0.3, 0.4) is 0 Å². The van der Waals surface area contributed by atoms with Crippen LogP contribution in [-0.2, 0) is 4.79 Å². The summed E-state index contributed by atoms with van der Waals surface area (Å²) in [4.78, 5) is 18.2. The summed E-state index contributed by atoms with van der Waals surface area (Å²) >= 11 is -2.28. The van der Waals surface area contributed by atoms with Crippen molar-refractivity contribution >= 4 is 33.6 Å². The third-order valence-corrected chi connectivity index (χ3v) is 8.55. The van der Waals surface area contributed by atoms with Crippen LogP contribution in [0.25, 0.3) is 11.4 Å². The van der Waals surface area contributed by atoms with Gasteiger partial charge in [-0.3, -0.25) is 0 Å². The van der Waals surface area contributed by atoms with E-state index < -0.39 is 18.4 Å². The zero-order valence-electron chi connectivity index (χ0n) is 12.0. The molecule has 0 unspecified atom stereocenters. The molecule has 0 bridgehead atoms. The number of hydrogen-bond acceptors (Lipinski definition) is 5. The fraction of sp³-hybridized carbons (Fsp3) is 0.308. The minimum atomic E-state index is -2.28. The van der Waals surface area contributed by atoms with Gasteiger partial charge in [-0.2, -0.15) is 0 Å². The molecule has 2 aromatic rings. The molecule has 1 N–H and O–H groups in total. The molecule has 0 saturated carbocycles. The third-order valence-electron chi connectivity index (χ3n) is 2.79. The van der Waals surface area contributed by atoms with E-state index in [4.69, 9.17) is 0 Å². The van der Waals surface area contributed by atoms with Crippen molar-refractivity contribution < 1.29 is 4.79 Å². The molecule has 0 radical (unpaired) electrons. The van der Waals surface area contributed by atoms with Crippen LogP contribution >= 0.6 is 0 Å². The Morgan fingerprint density at radius 3 is 2.30 bits per heavy atom. The summed E-state index contributed by atoms with van der Waals surface area (Å²) in [6, 6.07) is 5.98. The van der Waals surface area contributed by atoms with Gasteiger partial charge in [-0.05, 0) is 0 Å². The van der Waals surface area contributed by atoms with Crippen molar-refractivity contribution in [1.82, 2.24) is 20.4 Å². The van der Waals surface area contributed by atoms with Crippen molar-refractivity contribution in [1.29, 1.82) is 0 Å². The van der Waals surface area contributed by atoms with E-state index in [1.807, 2.05) is 12.1 Å². The number of carbonyl (C=O) groups excluding carboxylic acids is 1. The zero-order chi connectivity index (χ0) is 14.8. The fourth-order valence-corrected chi connectivity index (χ4v) is 5.14. The number of carbonyl (C=O) groups is 1. The molecule has 7 heteroatoms. The first-order valence-electron chi connectivity index (χ1n) is 6.30. The van der Waals surface area contributed by atoms with Gasteiger partial charge in [0.1, 0.15) is 0 Å². The number of amides is 1. The summed E-state index contributed by atoms with van der Waals surface area (Å²) in [6.45, 7) is 1.49. The van der Waals surface area contributed by atoms with Crippen molar-refractivity contribution in [3.05, 3.63) is 24.5 Å². The molecule has 0 fully saturated rings. The van der Waals surface area contributed by atoms with Gasteiger partial charge in [-0.1, -0.05) is 0 Å². The molecule has 0 spiro atoms. The number of nitrogens with zero attached hydrogens (tertiary/aromatic N) is 4. The predicted octanol–water partition coefficient (Wildman–Crippen LogP) is 1.44. The van der Waals surface area contributed by atoms with Gasteiger partial charge in [-0.25, -0.2) is 0 Å². The van der Waals surface area contributed by atoms with Crippen LogP contribution in [0.15, 0.2) is 24.5 Å². The Bertz CT molecular complexity index is 624. The van der Waals surface area contributed by atoms with Crippen LogP contribution < -0.4 is 8.90 Å². The molecule has 1 aromatic carbocycles. The Balaban J connectivity index is 2.54. The first-order chi connectivity index (χ1) is 9.36. The zero-order valence-corrected chi connectivity index (χ0v) is 14.9. The van der Waals surface area contributed by atoms with Crippen molar-refractivity contribution in [2.24, 2.45) is 0 Å². The number of anilines is 1. The van der Waals surface area contributed by atoms with Crippen LogP contribution in [-0.4, -0.2) is 44.7 Å². The second kappa shape index (κ2) is 5.82. The molecular weight excluding hydrogens is 361 g/mol. The van der Waals surface area contributed by atoms with Gasteiger partial charge in [0.05, 0.1) is 0 Å². The topological polar surface area (TPSA) is 80.7 Å². The first-order valence-corrected chi connectivity index (χ1v) is 16.3. The molecule has 0 saturated heterocycles. The van der Waals surface area contributed by atoms with Gasteiger partial charge >= 0.3 is 122 Å². The van der Waals surface area contributed by atoms with E-state index in [-0.39, 0.29) is 5.91 Å². The summed E-state index contributed by atoms with van der Waals surface area (Å²) in [6.07, 6.45) is 1.30. The Labute approximate surface area is 121 Å². The van der Waals surface area contributed by atoms with E-state index in [0.29, 0.717) is 5.82 Å². The number of aromatic nitrogens is 4. The average molecular weight is 378 g/mol. The normalized spacial score (nSPS) is 11.2. The number of hydrogen-bond donors (Lipinski definition) is 1. The molecule has 20 heavy (non-hydrogen) atoms. The van der Waals surface area contributed by atoms with Gasteiger partial charge < -0.3 is 0 Å². The quantitative estimate of drug-likeness (QED) is 0.818. The van der Waals surface area contributed by atoms with Crippen LogP contribution in [0, 0.1) is 0 Å². The van der Waals surface area contributed by atoms with Crippen molar-refractivity contribution in [3.8, 4) is 11.4 Å². The summed E-state index contributed by atoms with van der Waals surface area (Å²) in [7, 11) is 0. The Kier molecular flexibility index (Phi) is 4.32. The molecule has 0 aliphatic carbocycles. The Morgan fingerprint density at radius 2 is 1.75 bits per heavy atom. The number of rotatable bonds is 3. The maximum absolute atomic E-state index is 11.3. The average Bonchev–Trinajstić information content (AvgIpc) is 2.37. The second-order valence-electron chi connectivity index (χ2n) is 5.60. The molecule has 104 valence electrons. The SMILES string of the molecule is CC(=O)Nc1cc(-c2nncnn2)c[c]([Sn]([CH3])([CH3])[CH3])c1. The van der Waals surface area contributed by atoms with Crippen molar-refractivity contribution in [2.45, 2.75) is 21.7 Å². The molecule has 1 aromatic heterocycles. The fourth-order valence-electron chi connectivity index (χ4n) is 1.78. The van der Waals surface area contributed by atoms with Crippen molar-refractivity contribution in [2.75, 3.05) is 5.32 Å². The van der Waals surface area contributed by atoms with E-state index in [0.717, 1.165) is 11.3 Å². The first kappa shape index (κ1) is 14.8. The van der Waals surface area contributed by atoms with Crippen LogP contribution in [0.2, 0.25) is 14.8 Å². The van der Waals surface area contributed by atoms with Crippen LogP contribution in [0.5, 0.6) is 0 Å². The van der Waals surface area contributed by atoms with Crippen LogP contribution in [0.4, 0.5) is 5.69 Å². The van der Waals surface area contributed by atoms with Gasteiger partial charge in [-0.15, -0.1) is 0 Å². The summed E-state index contributed by atoms with van der Waals surface area (Å²) in [5.74, 6) is 0.374. The van der Waals surface area contributed by atoms with E-state index in [9.17, 15) is 4.79 Å². The molecule has 1 heterocycles. The molecule has 6 nitrogen and oxygen atoms in total. The minimum absolute atomic E-state index is 0.0950.